The molecular formula is C6H6F4O7S. The molecule has 0 aliphatic rings. The number of halogens is 4. The van der Waals surface area contributed by atoms with Gasteiger partial charge in [0.05, 0.1) is 7.11 Å². The molecule has 0 heterocycles. The normalized spacial score (nSPS) is 15.7. The van der Waals surface area contributed by atoms with Crippen molar-refractivity contribution < 1.29 is 49.6 Å². The molecule has 0 saturated carbocycles. The van der Waals surface area contributed by atoms with Gasteiger partial charge in [-0.25, -0.2) is 14.0 Å². The first-order valence-corrected chi connectivity index (χ1v) is 5.28. The van der Waals surface area contributed by atoms with Crippen LogP contribution in [0.4, 0.5) is 17.6 Å². The molecule has 0 saturated heterocycles. The van der Waals surface area contributed by atoms with Gasteiger partial charge in [0.25, 0.3) is 0 Å². The summed E-state index contributed by atoms with van der Waals surface area (Å²) in [4.78, 5) is 21.1. The topological polar surface area (TPSA) is 107 Å². The smallest absolute Gasteiger partial charge is 0.451 e. The standard InChI is InChI=1S/C6H6F4O7S/c1-16-3(11)2-17-4(12)5(7,6(8,9)10)18(13,14)15/h2H2,1H3,(H,13,14,15). The first kappa shape index (κ1) is 16.6. The third-order valence-electron chi connectivity index (χ3n) is 1.53. The van der Waals surface area contributed by atoms with Gasteiger partial charge in [0, 0.05) is 0 Å². The van der Waals surface area contributed by atoms with Crippen LogP contribution in [0.5, 0.6) is 0 Å². The van der Waals surface area contributed by atoms with Crippen LogP contribution in [0.15, 0.2) is 0 Å². The van der Waals surface area contributed by atoms with Crippen LogP contribution in [0.3, 0.4) is 0 Å². The SMILES string of the molecule is COC(=O)COC(=O)C(F)(C(F)(F)F)S(=O)(=O)O. The molecule has 0 aromatic carbocycles. The van der Waals surface area contributed by atoms with Crippen LogP contribution >= 0.6 is 0 Å². The summed E-state index contributed by atoms with van der Waals surface area (Å²) in [5.74, 6) is -4.36. The molecule has 12 heteroatoms. The molecule has 0 fully saturated rings. The summed E-state index contributed by atoms with van der Waals surface area (Å²) in [7, 11) is -5.71. The lowest BCUT2D eigenvalue weighted by atomic mass is 10.4. The second-order valence-electron chi connectivity index (χ2n) is 2.72. The second-order valence-corrected chi connectivity index (χ2v) is 4.23. The van der Waals surface area contributed by atoms with E-state index in [1.807, 2.05) is 0 Å². The molecule has 0 aliphatic heterocycles. The molecule has 0 radical (unpaired) electrons. The van der Waals surface area contributed by atoms with Gasteiger partial charge < -0.3 is 9.47 Å². The molecule has 1 atom stereocenters. The minimum Gasteiger partial charge on any atom is -0.466 e. The Morgan fingerprint density at radius 2 is 1.67 bits per heavy atom. The molecule has 1 unspecified atom stereocenters. The molecule has 0 aromatic heterocycles. The lowest BCUT2D eigenvalue weighted by Crippen LogP contribution is -2.55. The van der Waals surface area contributed by atoms with E-state index < -0.39 is 39.8 Å². The van der Waals surface area contributed by atoms with Crippen molar-refractivity contribution in [1.29, 1.82) is 0 Å². The maximum atomic E-state index is 13.2. The van der Waals surface area contributed by atoms with E-state index >= 15 is 0 Å². The Morgan fingerprint density at radius 1 is 1.22 bits per heavy atom. The fourth-order valence-electron chi connectivity index (χ4n) is 0.644. The summed E-state index contributed by atoms with van der Waals surface area (Å²) in [5, 5.41) is -5.67. The average Bonchev–Trinajstić information content (AvgIpc) is 2.20. The number of hydrogen-bond acceptors (Lipinski definition) is 6. The summed E-state index contributed by atoms with van der Waals surface area (Å²) < 4.78 is 85.6. The summed E-state index contributed by atoms with van der Waals surface area (Å²) in [5.41, 5.74) is 0. The Labute approximate surface area is 97.4 Å². The van der Waals surface area contributed by atoms with Crippen molar-refractivity contribution >= 4 is 22.1 Å². The second kappa shape index (κ2) is 5.06. The fraction of sp³-hybridized carbons (Fsp3) is 0.667. The van der Waals surface area contributed by atoms with Crippen molar-refractivity contribution in [3.8, 4) is 0 Å². The zero-order valence-electron chi connectivity index (χ0n) is 8.52. The van der Waals surface area contributed by atoms with Crippen LogP contribution in [0.1, 0.15) is 0 Å². The molecule has 0 bridgehead atoms. The molecule has 106 valence electrons. The molecule has 18 heavy (non-hydrogen) atoms. The zero-order chi connectivity index (χ0) is 14.8. The van der Waals surface area contributed by atoms with Gasteiger partial charge in [-0.05, 0) is 0 Å². The van der Waals surface area contributed by atoms with E-state index in [-0.39, 0.29) is 0 Å². The van der Waals surface area contributed by atoms with Gasteiger partial charge in [0.15, 0.2) is 6.61 Å². The van der Waals surface area contributed by atoms with Gasteiger partial charge in [-0.2, -0.15) is 21.6 Å². The van der Waals surface area contributed by atoms with Crippen LogP contribution < -0.4 is 0 Å². The highest BCUT2D eigenvalue weighted by molar-refractivity contribution is 7.88. The monoisotopic (exact) mass is 298 g/mol. The van der Waals surface area contributed by atoms with Gasteiger partial charge in [-0.3, -0.25) is 4.55 Å². The van der Waals surface area contributed by atoms with Crippen LogP contribution in [0.25, 0.3) is 0 Å². The maximum absolute atomic E-state index is 13.2. The molecule has 1 N–H and O–H groups in total. The number of carbonyl (C=O) groups is 2. The number of methoxy groups -OCH3 is 1. The number of alkyl halides is 4. The van der Waals surface area contributed by atoms with Gasteiger partial charge in [-0.15, -0.1) is 0 Å². The quantitative estimate of drug-likeness (QED) is 0.436. The lowest BCUT2D eigenvalue weighted by molar-refractivity contribution is -0.216. The molecule has 0 amide bonds. The Bertz CT molecular complexity index is 441. The van der Waals surface area contributed by atoms with Crippen LogP contribution in [-0.2, 0) is 29.2 Å². The number of esters is 2. The molecule has 0 spiro atoms. The van der Waals surface area contributed by atoms with Gasteiger partial charge in [0.1, 0.15) is 0 Å². The van der Waals surface area contributed by atoms with E-state index in [2.05, 4.69) is 9.47 Å². The molecular weight excluding hydrogens is 292 g/mol. The van der Waals surface area contributed by atoms with Crippen LogP contribution in [-0.4, -0.2) is 49.8 Å². The van der Waals surface area contributed by atoms with Crippen LogP contribution in [0, 0.1) is 0 Å². The van der Waals surface area contributed by atoms with Crippen molar-refractivity contribution in [2.45, 2.75) is 11.2 Å². The van der Waals surface area contributed by atoms with Crippen molar-refractivity contribution in [1.82, 2.24) is 0 Å². The largest absolute Gasteiger partial charge is 0.466 e. The third kappa shape index (κ3) is 3.07. The summed E-state index contributed by atoms with van der Waals surface area (Å²) in [6.45, 7) is -1.45. The fourth-order valence-corrected chi connectivity index (χ4v) is 1.21. The molecule has 7 nitrogen and oxygen atoms in total. The minimum absolute atomic E-state index is 0.783. The highest BCUT2D eigenvalue weighted by Gasteiger charge is 2.72. The number of carbonyl (C=O) groups excluding carboxylic acids is 2. The maximum Gasteiger partial charge on any atom is 0.451 e. The summed E-state index contributed by atoms with van der Waals surface area (Å²) in [6, 6.07) is 0. The zero-order valence-corrected chi connectivity index (χ0v) is 9.34. The lowest BCUT2D eigenvalue weighted by Gasteiger charge is -2.22. The van der Waals surface area contributed by atoms with Gasteiger partial charge in [0.2, 0.25) is 0 Å². The Morgan fingerprint density at radius 3 is 1.94 bits per heavy atom. The highest BCUT2D eigenvalue weighted by Crippen LogP contribution is 2.39. The first-order chi connectivity index (χ1) is 7.88. The van der Waals surface area contributed by atoms with Gasteiger partial charge in [-0.1, -0.05) is 0 Å². The number of hydrogen-bond donors (Lipinski definition) is 1. The Hall–Kier alpha value is -1.43. The van der Waals surface area contributed by atoms with Crippen LogP contribution in [0.2, 0.25) is 0 Å². The van der Waals surface area contributed by atoms with Crippen molar-refractivity contribution in [2.24, 2.45) is 0 Å². The van der Waals surface area contributed by atoms with E-state index in [0.717, 1.165) is 7.11 Å². The van der Waals surface area contributed by atoms with Gasteiger partial charge >= 0.3 is 33.2 Å². The van der Waals surface area contributed by atoms with Crippen molar-refractivity contribution in [2.75, 3.05) is 13.7 Å². The van der Waals surface area contributed by atoms with Crippen molar-refractivity contribution in [3.05, 3.63) is 0 Å². The van der Waals surface area contributed by atoms with E-state index in [9.17, 15) is 35.6 Å². The highest BCUT2D eigenvalue weighted by atomic mass is 32.2. The number of rotatable bonds is 4. The van der Waals surface area contributed by atoms with E-state index in [0.29, 0.717) is 0 Å². The Kier molecular flexibility index (Phi) is 4.65. The van der Waals surface area contributed by atoms with E-state index in [1.165, 1.54) is 0 Å². The molecule has 0 aliphatic carbocycles. The van der Waals surface area contributed by atoms with E-state index in [4.69, 9.17) is 4.55 Å². The van der Waals surface area contributed by atoms with Crippen molar-refractivity contribution in [3.63, 3.8) is 0 Å². The Balaban J connectivity index is 5.28. The first-order valence-electron chi connectivity index (χ1n) is 3.84. The molecule has 0 aromatic rings. The molecule has 0 rings (SSSR count). The summed E-state index contributed by atoms with van der Waals surface area (Å²) >= 11 is 0. The van der Waals surface area contributed by atoms with E-state index in [1.54, 1.807) is 0 Å². The summed E-state index contributed by atoms with van der Waals surface area (Å²) in [6.07, 6.45) is -6.28. The number of ether oxygens (including phenoxy) is 2. The third-order valence-corrected chi connectivity index (χ3v) is 2.64. The average molecular weight is 298 g/mol. The minimum atomic E-state index is -6.49. The predicted molar refractivity (Wildman–Crippen MR) is 44.4 cm³/mol. The predicted octanol–water partition coefficient (Wildman–Crippen LogP) is -0.182.